The van der Waals surface area contributed by atoms with E-state index in [4.69, 9.17) is 5.73 Å². The zero-order chi connectivity index (χ0) is 13.8. The average Bonchev–Trinajstić information content (AvgIpc) is 2.53. The van der Waals surface area contributed by atoms with Crippen LogP contribution in [-0.2, 0) is 0 Å². The van der Waals surface area contributed by atoms with E-state index in [2.05, 4.69) is 46.7 Å². The molecule has 1 heterocycles. The number of anilines is 1. The van der Waals surface area contributed by atoms with E-state index in [0.717, 1.165) is 17.6 Å². The zero-order valence-electron chi connectivity index (χ0n) is 11.2. The van der Waals surface area contributed by atoms with Crippen LogP contribution in [0.2, 0.25) is 0 Å². The molecule has 0 atom stereocenters. The Morgan fingerprint density at radius 1 is 1.00 bits per heavy atom. The van der Waals surface area contributed by atoms with Gasteiger partial charge in [-0.2, -0.15) is 0 Å². The van der Waals surface area contributed by atoms with Gasteiger partial charge in [-0.15, -0.1) is 0 Å². The SMILES string of the molecule is NCCNc1cc(-c2ccccc2)cc2cnccc12. The highest BCUT2D eigenvalue weighted by atomic mass is 14.9. The van der Waals surface area contributed by atoms with E-state index in [1.165, 1.54) is 16.5 Å². The molecule has 0 unspecified atom stereocenters. The molecule has 0 bridgehead atoms. The van der Waals surface area contributed by atoms with Crippen molar-refractivity contribution in [1.29, 1.82) is 0 Å². The monoisotopic (exact) mass is 263 g/mol. The summed E-state index contributed by atoms with van der Waals surface area (Å²) in [5.74, 6) is 0. The number of rotatable bonds is 4. The lowest BCUT2D eigenvalue weighted by atomic mass is 10.0. The highest BCUT2D eigenvalue weighted by molar-refractivity contribution is 5.97. The third kappa shape index (κ3) is 2.49. The lowest BCUT2D eigenvalue weighted by Gasteiger charge is -2.12. The second-order valence-electron chi connectivity index (χ2n) is 4.70. The van der Waals surface area contributed by atoms with E-state index in [1.54, 1.807) is 0 Å². The van der Waals surface area contributed by atoms with E-state index in [9.17, 15) is 0 Å². The van der Waals surface area contributed by atoms with Gasteiger partial charge in [-0.25, -0.2) is 0 Å². The molecule has 0 fully saturated rings. The summed E-state index contributed by atoms with van der Waals surface area (Å²) in [6.45, 7) is 1.37. The van der Waals surface area contributed by atoms with E-state index in [1.807, 2.05) is 24.5 Å². The maximum atomic E-state index is 5.59. The number of aromatic nitrogens is 1. The molecule has 0 spiro atoms. The summed E-state index contributed by atoms with van der Waals surface area (Å²) in [6.07, 6.45) is 3.72. The number of benzene rings is 2. The molecule has 3 nitrogen and oxygen atoms in total. The van der Waals surface area contributed by atoms with Gasteiger partial charge in [-0.05, 0) is 29.3 Å². The molecule has 0 amide bonds. The molecular weight excluding hydrogens is 246 g/mol. The molecule has 3 N–H and O–H groups in total. The minimum atomic E-state index is 0.613. The highest BCUT2D eigenvalue weighted by Gasteiger charge is 2.05. The standard InChI is InChI=1S/C17H17N3/c18-7-9-20-17-11-14(13-4-2-1-3-5-13)10-15-12-19-8-6-16(15)17/h1-6,8,10-12,20H,7,9,18H2. The number of pyridine rings is 1. The first kappa shape index (κ1) is 12.6. The summed E-state index contributed by atoms with van der Waals surface area (Å²) in [6, 6.07) is 16.7. The van der Waals surface area contributed by atoms with Crippen molar-refractivity contribution in [2.75, 3.05) is 18.4 Å². The maximum Gasteiger partial charge on any atom is 0.0427 e. The average molecular weight is 263 g/mol. The van der Waals surface area contributed by atoms with E-state index < -0.39 is 0 Å². The Kier molecular flexibility index (Phi) is 3.61. The van der Waals surface area contributed by atoms with Gasteiger partial charge in [0.05, 0.1) is 0 Å². The Labute approximate surface area is 118 Å². The van der Waals surface area contributed by atoms with Crippen LogP contribution in [0.5, 0.6) is 0 Å². The molecule has 100 valence electrons. The highest BCUT2D eigenvalue weighted by Crippen LogP contribution is 2.30. The minimum absolute atomic E-state index is 0.613. The molecule has 20 heavy (non-hydrogen) atoms. The van der Waals surface area contributed by atoms with Crippen LogP contribution in [0.25, 0.3) is 21.9 Å². The fraction of sp³-hybridized carbons (Fsp3) is 0.118. The van der Waals surface area contributed by atoms with Gasteiger partial charge >= 0.3 is 0 Å². The van der Waals surface area contributed by atoms with Gasteiger partial charge < -0.3 is 11.1 Å². The van der Waals surface area contributed by atoms with E-state index in [-0.39, 0.29) is 0 Å². The first-order chi connectivity index (χ1) is 9.88. The van der Waals surface area contributed by atoms with Crippen LogP contribution in [0.1, 0.15) is 0 Å². The van der Waals surface area contributed by atoms with Crippen LogP contribution in [0.3, 0.4) is 0 Å². The van der Waals surface area contributed by atoms with Gasteiger partial charge in [0.15, 0.2) is 0 Å². The number of nitrogens with zero attached hydrogens (tertiary/aromatic N) is 1. The van der Waals surface area contributed by atoms with Crippen LogP contribution in [-0.4, -0.2) is 18.1 Å². The molecule has 0 aliphatic heterocycles. The normalized spacial score (nSPS) is 10.7. The van der Waals surface area contributed by atoms with Gasteiger partial charge in [0.2, 0.25) is 0 Å². The molecule has 3 aromatic rings. The van der Waals surface area contributed by atoms with Crippen molar-refractivity contribution in [1.82, 2.24) is 4.98 Å². The van der Waals surface area contributed by atoms with Crippen molar-refractivity contribution in [3.8, 4) is 11.1 Å². The zero-order valence-corrected chi connectivity index (χ0v) is 11.2. The predicted octanol–water partition coefficient (Wildman–Crippen LogP) is 3.27. The van der Waals surface area contributed by atoms with Gasteiger partial charge in [-0.3, -0.25) is 4.98 Å². The second-order valence-corrected chi connectivity index (χ2v) is 4.70. The van der Waals surface area contributed by atoms with Crippen LogP contribution in [0, 0.1) is 0 Å². The Bertz CT molecular complexity index is 708. The van der Waals surface area contributed by atoms with Crippen LogP contribution in [0.4, 0.5) is 5.69 Å². The molecular formula is C17H17N3. The predicted molar refractivity (Wildman–Crippen MR) is 84.7 cm³/mol. The third-order valence-corrected chi connectivity index (χ3v) is 3.32. The van der Waals surface area contributed by atoms with Crippen molar-refractivity contribution >= 4 is 16.5 Å². The van der Waals surface area contributed by atoms with Crippen LogP contribution >= 0.6 is 0 Å². The Morgan fingerprint density at radius 2 is 1.85 bits per heavy atom. The maximum absolute atomic E-state index is 5.59. The summed E-state index contributed by atoms with van der Waals surface area (Å²) in [5, 5.41) is 5.70. The molecule has 0 radical (unpaired) electrons. The first-order valence-corrected chi connectivity index (χ1v) is 6.75. The number of nitrogens with one attached hydrogen (secondary N) is 1. The van der Waals surface area contributed by atoms with Crippen molar-refractivity contribution < 1.29 is 0 Å². The quantitative estimate of drug-likeness (QED) is 0.759. The Morgan fingerprint density at radius 3 is 2.65 bits per heavy atom. The number of hydrogen-bond acceptors (Lipinski definition) is 3. The number of nitrogens with two attached hydrogens (primary N) is 1. The summed E-state index contributed by atoms with van der Waals surface area (Å²) < 4.78 is 0. The summed E-state index contributed by atoms with van der Waals surface area (Å²) in [7, 11) is 0. The third-order valence-electron chi connectivity index (χ3n) is 3.32. The van der Waals surface area contributed by atoms with E-state index in [0.29, 0.717) is 6.54 Å². The second kappa shape index (κ2) is 5.72. The molecule has 1 aromatic heterocycles. The summed E-state index contributed by atoms with van der Waals surface area (Å²) in [5.41, 5.74) is 9.09. The van der Waals surface area contributed by atoms with Gasteiger partial charge in [0.1, 0.15) is 0 Å². The number of hydrogen-bond donors (Lipinski definition) is 2. The van der Waals surface area contributed by atoms with Crippen LogP contribution < -0.4 is 11.1 Å². The fourth-order valence-corrected chi connectivity index (χ4v) is 2.36. The lowest BCUT2D eigenvalue weighted by molar-refractivity contribution is 1.03. The minimum Gasteiger partial charge on any atom is -0.383 e. The fourth-order valence-electron chi connectivity index (χ4n) is 2.36. The summed E-state index contributed by atoms with van der Waals surface area (Å²) >= 11 is 0. The topological polar surface area (TPSA) is 50.9 Å². The molecule has 0 aliphatic carbocycles. The molecule has 3 rings (SSSR count). The first-order valence-electron chi connectivity index (χ1n) is 6.75. The molecule has 0 saturated carbocycles. The molecule has 2 aromatic carbocycles. The summed E-state index contributed by atoms with van der Waals surface area (Å²) in [4.78, 5) is 4.22. The van der Waals surface area contributed by atoms with Crippen molar-refractivity contribution in [3.05, 3.63) is 60.9 Å². The van der Waals surface area contributed by atoms with Gasteiger partial charge in [-0.1, -0.05) is 30.3 Å². The van der Waals surface area contributed by atoms with Crippen molar-refractivity contribution in [3.63, 3.8) is 0 Å². The smallest absolute Gasteiger partial charge is 0.0427 e. The van der Waals surface area contributed by atoms with Gasteiger partial charge in [0, 0.05) is 41.9 Å². The van der Waals surface area contributed by atoms with Crippen molar-refractivity contribution in [2.45, 2.75) is 0 Å². The molecule has 0 saturated heterocycles. The lowest BCUT2D eigenvalue weighted by Crippen LogP contribution is -2.13. The Balaban J connectivity index is 2.14. The Hall–Kier alpha value is -2.39. The van der Waals surface area contributed by atoms with Crippen molar-refractivity contribution in [2.24, 2.45) is 5.73 Å². The number of fused-ring (bicyclic) bond motifs is 1. The largest absolute Gasteiger partial charge is 0.383 e. The van der Waals surface area contributed by atoms with Crippen LogP contribution in [0.15, 0.2) is 60.9 Å². The molecule has 0 aliphatic rings. The molecule has 3 heteroatoms. The van der Waals surface area contributed by atoms with E-state index >= 15 is 0 Å². The van der Waals surface area contributed by atoms with Gasteiger partial charge in [0.25, 0.3) is 0 Å².